The highest BCUT2D eigenvalue weighted by Crippen LogP contribution is 2.33. The molecule has 0 saturated heterocycles. The standard InChI is InChI=1S/C22H16F3N3O3S/c1-13-8-16(6-7-18(13)28-9-20(30)26-12-28)31-11-19-17(10-29)27-21(32-19)14-2-4-15(5-3-14)22(23,24)25/h2-8,10,12H,9,11H2,1H3. The highest BCUT2D eigenvalue weighted by molar-refractivity contribution is 7.15. The summed E-state index contributed by atoms with van der Waals surface area (Å²) in [6, 6.07) is 10.00. The first-order chi connectivity index (χ1) is 15.2. The first kappa shape index (κ1) is 21.7. The molecule has 2 heterocycles. The van der Waals surface area contributed by atoms with Crippen molar-refractivity contribution in [1.29, 1.82) is 0 Å². The lowest BCUT2D eigenvalue weighted by Crippen LogP contribution is -2.21. The van der Waals surface area contributed by atoms with Crippen LogP contribution in [0.4, 0.5) is 18.9 Å². The third-order valence-corrected chi connectivity index (χ3v) is 5.89. The van der Waals surface area contributed by atoms with Gasteiger partial charge in [0.1, 0.15) is 29.6 Å². The van der Waals surface area contributed by atoms with Gasteiger partial charge in [-0.25, -0.2) is 9.98 Å². The molecule has 0 atom stereocenters. The fourth-order valence-electron chi connectivity index (χ4n) is 3.18. The molecule has 32 heavy (non-hydrogen) atoms. The van der Waals surface area contributed by atoms with Crippen LogP contribution in [0.3, 0.4) is 0 Å². The molecular weight excluding hydrogens is 443 g/mol. The molecule has 164 valence electrons. The van der Waals surface area contributed by atoms with E-state index in [0.717, 1.165) is 23.4 Å². The zero-order chi connectivity index (χ0) is 22.9. The van der Waals surface area contributed by atoms with Crippen molar-refractivity contribution in [3.8, 4) is 16.3 Å². The average molecular weight is 459 g/mol. The van der Waals surface area contributed by atoms with Gasteiger partial charge >= 0.3 is 6.18 Å². The van der Waals surface area contributed by atoms with Crippen molar-refractivity contribution >= 4 is 35.6 Å². The Morgan fingerprint density at radius 2 is 1.94 bits per heavy atom. The summed E-state index contributed by atoms with van der Waals surface area (Å²) in [5.74, 6) is 0.357. The molecule has 0 saturated carbocycles. The minimum absolute atomic E-state index is 0.0782. The van der Waals surface area contributed by atoms with E-state index in [0.29, 0.717) is 27.5 Å². The predicted octanol–water partition coefficient (Wildman–Crippen LogP) is 4.90. The van der Waals surface area contributed by atoms with Crippen LogP contribution in [0.1, 0.15) is 26.5 Å². The van der Waals surface area contributed by atoms with Crippen molar-refractivity contribution in [3.05, 3.63) is 64.2 Å². The summed E-state index contributed by atoms with van der Waals surface area (Å²) in [6.45, 7) is 2.15. The summed E-state index contributed by atoms with van der Waals surface area (Å²) in [5, 5.41) is 0.434. The van der Waals surface area contributed by atoms with Crippen LogP contribution in [-0.4, -0.2) is 30.1 Å². The largest absolute Gasteiger partial charge is 0.488 e. The van der Waals surface area contributed by atoms with Gasteiger partial charge in [0.25, 0.3) is 5.91 Å². The summed E-state index contributed by atoms with van der Waals surface area (Å²) < 4.78 is 44.1. The molecule has 1 aliphatic heterocycles. The molecule has 10 heteroatoms. The summed E-state index contributed by atoms with van der Waals surface area (Å²) in [6.07, 6.45) is -2.33. The Hall–Kier alpha value is -3.53. The Labute approximate surface area is 185 Å². The smallest absolute Gasteiger partial charge is 0.416 e. The second-order valence-electron chi connectivity index (χ2n) is 7.02. The minimum Gasteiger partial charge on any atom is -0.488 e. The van der Waals surface area contributed by atoms with Gasteiger partial charge in [0.15, 0.2) is 6.29 Å². The molecular formula is C22H16F3N3O3S. The maximum Gasteiger partial charge on any atom is 0.416 e. The Kier molecular flexibility index (Phi) is 5.79. The van der Waals surface area contributed by atoms with Crippen LogP contribution in [0.2, 0.25) is 0 Å². The fraction of sp³-hybridized carbons (Fsp3) is 0.182. The van der Waals surface area contributed by atoms with Crippen LogP contribution in [0.5, 0.6) is 5.75 Å². The molecule has 0 spiro atoms. The highest BCUT2D eigenvalue weighted by atomic mass is 32.1. The Bertz CT molecular complexity index is 1200. The van der Waals surface area contributed by atoms with Crippen molar-refractivity contribution in [2.24, 2.45) is 4.99 Å². The quantitative estimate of drug-likeness (QED) is 0.490. The number of thiazole rings is 1. The van der Waals surface area contributed by atoms with Crippen molar-refractivity contribution in [1.82, 2.24) is 4.98 Å². The lowest BCUT2D eigenvalue weighted by molar-refractivity contribution is -0.137. The molecule has 0 unspecified atom stereocenters. The van der Waals surface area contributed by atoms with Crippen LogP contribution in [0.25, 0.3) is 10.6 Å². The van der Waals surface area contributed by atoms with Gasteiger partial charge in [0.2, 0.25) is 0 Å². The van der Waals surface area contributed by atoms with Gasteiger partial charge in [0, 0.05) is 11.3 Å². The number of halogens is 3. The molecule has 3 aromatic rings. The van der Waals surface area contributed by atoms with Gasteiger partial charge in [-0.05, 0) is 42.8 Å². The number of nitrogens with zero attached hydrogens (tertiary/aromatic N) is 3. The second kappa shape index (κ2) is 8.54. The molecule has 0 radical (unpaired) electrons. The highest BCUT2D eigenvalue weighted by Gasteiger charge is 2.30. The lowest BCUT2D eigenvalue weighted by Gasteiger charge is -2.17. The van der Waals surface area contributed by atoms with E-state index in [2.05, 4.69) is 9.98 Å². The summed E-state index contributed by atoms with van der Waals surface area (Å²) in [4.78, 5) is 33.0. The normalized spacial score (nSPS) is 13.6. The summed E-state index contributed by atoms with van der Waals surface area (Å²) in [5.41, 5.74) is 1.64. The molecule has 1 amide bonds. The number of benzene rings is 2. The van der Waals surface area contributed by atoms with Gasteiger partial charge in [0.05, 0.1) is 16.8 Å². The zero-order valence-corrected chi connectivity index (χ0v) is 17.5. The lowest BCUT2D eigenvalue weighted by atomic mass is 10.1. The number of amides is 1. The van der Waals surface area contributed by atoms with E-state index in [-0.39, 0.29) is 24.8 Å². The monoisotopic (exact) mass is 459 g/mol. The number of hydrogen-bond acceptors (Lipinski definition) is 6. The van der Waals surface area contributed by atoms with Crippen LogP contribution >= 0.6 is 11.3 Å². The van der Waals surface area contributed by atoms with Crippen LogP contribution in [-0.2, 0) is 17.6 Å². The van der Waals surface area contributed by atoms with E-state index in [1.807, 2.05) is 19.1 Å². The van der Waals surface area contributed by atoms with E-state index in [1.54, 1.807) is 11.0 Å². The third kappa shape index (κ3) is 4.54. The Balaban J connectivity index is 1.49. The average Bonchev–Trinajstić information content (AvgIpc) is 3.38. The molecule has 1 aromatic heterocycles. The number of ether oxygens (including phenoxy) is 1. The van der Waals surface area contributed by atoms with E-state index in [9.17, 15) is 22.8 Å². The Morgan fingerprint density at radius 3 is 2.53 bits per heavy atom. The van der Waals surface area contributed by atoms with Crippen molar-refractivity contribution in [3.63, 3.8) is 0 Å². The second-order valence-corrected chi connectivity index (χ2v) is 8.11. The topological polar surface area (TPSA) is 71.9 Å². The fourth-order valence-corrected chi connectivity index (χ4v) is 4.13. The van der Waals surface area contributed by atoms with Gasteiger partial charge in [-0.2, -0.15) is 13.2 Å². The van der Waals surface area contributed by atoms with Crippen LogP contribution < -0.4 is 9.64 Å². The van der Waals surface area contributed by atoms with Gasteiger partial charge in [-0.3, -0.25) is 9.59 Å². The van der Waals surface area contributed by atoms with Crippen LogP contribution in [0.15, 0.2) is 47.5 Å². The molecule has 2 aromatic carbocycles. The SMILES string of the molecule is Cc1cc(OCc2sc(-c3ccc(C(F)(F)F)cc3)nc2C=O)ccc1N1C=NC(=O)C1. The number of carbonyl (C=O) groups excluding carboxylic acids is 2. The van der Waals surface area contributed by atoms with Crippen molar-refractivity contribution < 1.29 is 27.5 Å². The number of aryl methyl sites for hydroxylation is 1. The van der Waals surface area contributed by atoms with Gasteiger partial charge < -0.3 is 9.64 Å². The Morgan fingerprint density at radius 1 is 1.19 bits per heavy atom. The number of aromatic nitrogens is 1. The molecule has 6 nitrogen and oxygen atoms in total. The first-order valence-corrected chi connectivity index (χ1v) is 10.3. The maximum absolute atomic E-state index is 12.8. The maximum atomic E-state index is 12.8. The number of alkyl halides is 3. The van der Waals surface area contributed by atoms with E-state index < -0.39 is 11.7 Å². The molecule has 0 N–H and O–H groups in total. The van der Waals surface area contributed by atoms with Crippen molar-refractivity contribution in [2.75, 3.05) is 11.4 Å². The third-order valence-electron chi connectivity index (χ3n) is 4.79. The minimum atomic E-state index is -4.42. The molecule has 0 aliphatic carbocycles. The van der Waals surface area contributed by atoms with Gasteiger partial charge in [-0.15, -0.1) is 11.3 Å². The van der Waals surface area contributed by atoms with E-state index in [4.69, 9.17) is 4.74 Å². The van der Waals surface area contributed by atoms with Crippen molar-refractivity contribution in [2.45, 2.75) is 19.7 Å². The van der Waals surface area contributed by atoms with E-state index in [1.165, 1.54) is 29.8 Å². The number of aliphatic imine (C=N–C) groups is 1. The molecule has 0 bridgehead atoms. The number of aldehydes is 1. The number of hydrogen-bond donors (Lipinski definition) is 0. The summed E-state index contributed by atoms with van der Waals surface area (Å²) >= 11 is 1.19. The molecule has 0 fully saturated rings. The zero-order valence-electron chi connectivity index (χ0n) is 16.7. The predicted molar refractivity (Wildman–Crippen MR) is 114 cm³/mol. The molecule has 4 rings (SSSR count). The first-order valence-electron chi connectivity index (χ1n) is 9.44. The number of anilines is 1. The number of rotatable bonds is 6. The summed E-state index contributed by atoms with van der Waals surface area (Å²) in [7, 11) is 0. The molecule has 1 aliphatic rings. The van der Waals surface area contributed by atoms with Crippen LogP contribution in [0, 0.1) is 6.92 Å². The van der Waals surface area contributed by atoms with Gasteiger partial charge in [-0.1, -0.05) is 12.1 Å². The number of carbonyl (C=O) groups is 2. The van der Waals surface area contributed by atoms with E-state index >= 15 is 0 Å².